The van der Waals surface area contributed by atoms with Gasteiger partial charge in [-0.3, -0.25) is 9.59 Å². The molecule has 1 heterocycles. The fourth-order valence-corrected chi connectivity index (χ4v) is 3.61. The van der Waals surface area contributed by atoms with Crippen LogP contribution in [0.5, 0.6) is 0 Å². The highest BCUT2D eigenvalue weighted by molar-refractivity contribution is 7.13. The van der Waals surface area contributed by atoms with E-state index in [0.29, 0.717) is 24.1 Å². The van der Waals surface area contributed by atoms with Crippen molar-refractivity contribution in [1.29, 1.82) is 0 Å². The van der Waals surface area contributed by atoms with Crippen LogP contribution in [0.15, 0.2) is 42.5 Å². The first-order valence-corrected chi connectivity index (χ1v) is 9.55. The third-order valence-electron chi connectivity index (χ3n) is 4.12. The second-order valence-electron chi connectivity index (χ2n) is 6.57. The van der Waals surface area contributed by atoms with E-state index in [1.54, 1.807) is 18.2 Å². The molecule has 0 spiro atoms. The number of anilines is 1. The number of fused-ring (bicyclic) bond motifs is 1. The summed E-state index contributed by atoms with van der Waals surface area (Å²) in [6, 6.07) is 13.0. The Morgan fingerprint density at radius 3 is 2.70 bits per heavy atom. The standard InChI is InChI=1S/C20H22N4O2S/c1-12(2)23-20(26)14-7-8-15(18(21)25)13(11-14)9-10-22-19-16-5-3-4-6-17(16)27-24-19/h3-8,11-12H,9-10H2,1-2H3,(H2,21,25)(H,22,24)(H,23,26). The van der Waals surface area contributed by atoms with E-state index in [4.69, 9.17) is 5.73 Å². The first-order valence-electron chi connectivity index (χ1n) is 8.77. The van der Waals surface area contributed by atoms with Gasteiger partial charge in [0.25, 0.3) is 5.91 Å². The zero-order valence-electron chi connectivity index (χ0n) is 15.3. The van der Waals surface area contributed by atoms with Crippen LogP contribution in [-0.4, -0.2) is 28.8 Å². The van der Waals surface area contributed by atoms with Crippen LogP contribution >= 0.6 is 11.5 Å². The monoisotopic (exact) mass is 382 g/mol. The average molecular weight is 382 g/mol. The van der Waals surface area contributed by atoms with E-state index >= 15 is 0 Å². The van der Waals surface area contributed by atoms with Crippen molar-refractivity contribution in [1.82, 2.24) is 9.69 Å². The molecule has 0 radical (unpaired) electrons. The van der Waals surface area contributed by atoms with Gasteiger partial charge in [0.1, 0.15) is 5.82 Å². The van der Waals surface area contributed by atoms with Gasteiger partial charge >= 0.3 is 0 Å². The summed E-state index contributed by atoms with van der Waals surface area (Å²) >= 11 is 1.44. The van der Waals surface area contributed by atoms with Gasteiger partial charge < -0.3 is 16.4 Å². The molecule has 0 saturated carbocycles. The summed E-state index contributed by atoms with van der Waals surface area (Å²) in [5.41, 5.74) is 7.18. The molecule has 0 aliphatic heterocycles. The van der Waals surface area contributed by atoms with Gasteiger partial charge in [0, 0.05) is 29.1 Å². The molecule has 0 aliphatic rings. The summed E-state index contributed by atoms with van der Waals surface area (Å²) in [6.07, 6.45) is 0.549. The van der Waals surface area contributed by atoms with Crippen LogP contribution in [0.1, 0.15) is 40.1 Å². The third kappa shape index (κ3) is 4.43. The van der Waals surface area contributed by atoms with Crippen LogP contribution in [0.25, 0.3) is 10.1 Å². The largest absolute Gasteiger partial charge is 0.368 e. The van der Waals surface area contributed by atoms with Crippen molar-refractivity contribution in [2.45, 2.75) is 26.3 Å². The maximum Gasteiger partial charge on any atom is 0.251 e. The number of amides is 2. The minimum absolute atomic E-state index is 0.0383. The number of rotatable bonds is 7. The summed E-state index contributed by atoms with van der Waals surface area (Å²) in [7, 11) is 0. The number of primary amides is 1. The van der Waals surface area contributed by atoms with Crippen molar-refractivity contribution in [3.63, 3.8) is 0 Å². The minimum Gasteiger partial charge on any atom is -0.368 e. The number of nitrogens with zero attached hydrogens (tertiary/aromatic N) is 1. The number of benzene rings is 2. The Bertz CT molecular complexity index is 981. The molecule has 0 saturated heterocycles. The highest BCUT2D eigenvalue weighted by atomic mass is 32.1. The van der Waals surface area contributed by atoms with Gasteiger partial charge in [-0.25, -0.2) is 0 Å². The van der Waals surface area contributed by atoms with Gasteiger partial charge in [0.2, 0.25) is 5.91 Å². The van der Waals surface area contributed by atoms with Crippen LogP contribution in [0.2, 0.25) is 0 Å². The molecule has 0 aliphatic carbocycles. The Morgan fingerprint density at radius 1 is 1.19 bits per heavy atom. The highest BCUT2D eigenvalue weighted by Crippen LogP contribution is 2.26. The Morgan fingerprint density at radius 2 is 1.96 bits per heavy atom. The molecule has 3 aromatic rings. The molecule has 0 fully saturated rings. The van der Waals surface area contributed by atoms with Crippen LogP contribution in [0.4, 0.5) is 5.82 Å². The van der Waals surface area contributed by atoms with E-state index in [0.717, 1.165) is 21.5 Å². The fourth-order valence-electron chi connectivity index (χ4n) is 2.86. The second kappa shape index (κ2) is 8.18. The van der Waals surface area contributed by atoms with E-state index in [1.807, 2.05) is 38.1 Å². The van der Waals surface area contributed by atoms with Crippen LogP contribution in [0, 0.1) is 0 Å². The van der Waals surface area contributed by atoms with Crippen molar-refractivity contribution in [3.05, 3.63) is 59.2 Å². The van der Waals surface area contributed by atoms with Crippen molar-refractivity contribution >= 4 is 39.3 Å². The Kier molecular flexibility index (Phi) is 5.71. The van der Waals surface area contributed by atoms with E-state index in [2.05, 4.69) is 15.0 Å². The van der Waals surface area contributed by atoms with Crippen LogP contribution in [-0.2, 0) is 6.42 Å². The Hall–Kier alpha value is -2.93. The molecule has 0 unspecified atom stereocenters. The molecule has 6 nitrogen and oxygen atoms in total. The van der Waals surface area contributed by atoms with Crippen molar-refractivity contribution in [3.8, 4) is 0 Å². The number of nitrogens with one attached hydrogen (secondary N) is 2. The number of hydrogen-bond acceptors (Lipinski definition) is 5. The maximum atomic E-state index is 12.2. The van der Waals surface area contributed by atoms with E-state index in [9.17, 15) is 9.59 Å². The number of carbonyl (C=O) groups is 2. The van der Waals surface area contributed by atoms with Crippen LogP contribution < -0.4 is 16.4 Å². The number of aromatic nitrogens is 1. The first-order chi connectivity index (χ1) is 13.0. The van der Waals surface area contributed by atoms with Gasteiger partial charge in [-0.2, -0.15) is 4.37 Å². The average Bonchev–Trinajstić information content (AvgIpc) is 3.04. The molecule has 140 valence electrons. The molecule has 0 bridgehead atoms. The Labute approximate surface area is 161 Å². The number of nitrogens with two attached hydrogens (primary N) is 1. The molecular formula is C20H22N4O2S. The summed E-state index contributed by atoms with van der Waals surface area (Å²) in [6.45, 7) is 4.38. The predicted octanol–water partition coefficient (Wildman–Crippen LogP) is 3.19. The van der Waals surface area contributed by atoms with Crippen molar-refractivity contribution in [2.24, 2.45) is 5.73 Å². The third-order valence-corrected chi connectivity index (χ3v) is 4.94. The molecule has 3 rings (SSSR count). The SMILES string of the molecule is CC(C)NC(=O)c1ccc(C(N)=O)c(CCNc2nsc3ccccc23)c1. The summed E-state index contributed by atoms with van der Waals surface area (Å²) in [5, 5.41) is 7.24. The molecule has 2 aromatic carbocycles. The topological polar surface area (TPSA) is 97.1 Å². The first kappa shape index (κ1) is 18.8. The summed E-state index contributed by atoms with van der Waals surface area (Å²) in [4.78, 5) is 24.0. The van der Waals surface area contributed by atoms with Gasteiger partial charge in [-0.15, -0.1) is 0 Å². The molecule has 27 heavy (non-hydrogen) atoms. The van der Waals surface area contributed by atoms with Crippen molar-refractivity contribution in [2.75, 3.05) is 11.9 Å². The Balaban J connectivity index is 1.76. The molecular weight excluding hydrogens is 360 g/mol. The second-order valence-corrected chi connectivity index (χ2v) is 7.37. The van der Waals surface area contributed by atoms with Crippen LogP contribution in [0.3, 0.4) is 0 Å². The lowest BCUT2D eigenvalue weighted by molar-refractivity contribution is 0.0940. The molecule has 7 heteroatoms. The van der Waals surface area contributed by atoms with E-state index in [-0.39, 0.29) is 11.9 Å². The van der Waals surface area contributed by atoms with E-state index < -0.39 is 5.91 Å². The van der Waals surface area contributed by atoms with Gasteiger partial charge in [0.15, 0.2) is 0 Å². The van der Waals surface area contributed by atoms with Gasteiger partial charge in [-0.05, 0) is 67.7 Å². The highest BCUT2D eigenvalue weighted by Gasteiger charge is 2.14. The van der Waals surface area contributed by atoms with E-state index in [1.165, 1.54) is 11.5 Å². The molecule has 0 atom stereocenters. The lowest BCUT2D eigenvalue weighted by Crippen LogP contribution is -2.30. The molecule has 4 N–H and O–H groups in total. The summed E-state index contributed by atoms with van der Waals surface area (Å²) < 4.78 is 5.55. The lowest BCUT2D eigenvalue weighted by Gasteiger charge is -2.12. The minimum atomic E-state index is -0.500. The van der Waals surface area contributed by atoms with Gasteiger partial charge in [0.05, 0.1) is 4.70 Å². The number of hydrogen-bond donors (Lipinski definition) is 3. The molecule has 1 aromatic heterocycles. The maximum absolute atomic E-state index is 12.2. The smallest absolute Gasteiger partial charge is 0.251 e. The van der Waals surface area contributed by atoms with Crippen molar-refractivity contribution < 1.29 is 9.59 Å². The summed E-state index contributed by atoms with van der Waals surface area (Å²) in [5.74, 6) is 0.158. The predicted molar refractivity (Wildman–Crippen MR) is 109 cm³/mol. The quantitative estimate of drug-likeness (QED) is 0.585. The zero-order chi connectivity index (χ0) is 19.4. The zero-order valence-corrected chi connectivity index (χ0v) is 16.1. The lowest BCUT2D eigenvalue weighted by atomic mass is 10.00. The fraction of sp³-hybridized carbons (Fsp3) is 0.250. The van der Waals surface area contributed by atoms with Gasteiger partial charge in [-0.1, -0.05) is 12.1 Å². The molecule has 2 amide bonds. The normalized spacial score (nSPS) is 10.9. The number of carbonyl (C=O) groups excluding carboxylic acids is 2.